The molecule has 0 amide bonds. The van der Waals surface area contributed by atoms with Gasteiger partial charge in [0.25, 0.3) is 0 Å². The predicted octanol–water partition coefficient (Wildman–Crippen LogP) is 3.23. The Labute approximate surface area is 121 Å². The van der Waals surface area contributed by atoms with Crippen molar-refractivity contribution in [3.8, 4) is 0 Å². The molecule has 2 aromatic heterocycles. The van der Waals surface area contributed by atoms with Crippen LogP contribution < -0.4 is 5.32 Å². The summed E-state index contributed by atoms with van der Waals surface area (Å²) >= 11 is 0. The van der Waals surface area contributed by atoms with Gasteiger partial charge in [-0.1, -0.05) is 12.1 Å². The lowest BCUT2D eigenvalue weighted by molar-refractivity contribution is 0.518. The number of hydrogen-bond donors (Lipinski definition) is 1. The van der Waals surface area contributed by atoms with E-state index in [1.54, 1.807) is 30.9 Å². The average molecular weight is 287 g/mol. The Morgan fingerprint density at radius 1 is 1.19 bits per heavy atom. The zero-order valence-corrected chi connectivity index (χ0v) is 11.8. The fourth-order valence-electron chi connectivity index (χ4n) is 2.58. The molecular weight excluding hydrogens is 272 g/mol. The average Bonchev–Trinajstić information content (AvgIpc) is 2.91. The molecule has 0 fully saturated rings. The number of benzene rings is 1. The van der Waals surface area contributed by atoms with Gasteiger partial charge in [-0.2, -0.15) is 5.10 Å². The summed E-state index contributed by atoms with van der Waals surface area (Å²) in [4.78, 5) is 0. The molecule has 1 N–H and O–H groups in total. The normalized spacial score (nSPS) is 12.8. The van der Waals surface area contributed by atoms with E-state index in [0.29, 0.717) is 5.56 Å². The molecule has 0 aliphatic rings. The lowest BCUT2D eigenvalue weighted by Gasteiger charge is -2.18. The molecule has 2 heterocycles. The van der Waals surface area contributed by atoms with Crippen LogP contribution in [0.15, 0.2) is 42.7 Å². The van der Waals surface area contributed by atoms with E-state index >= 15 is 0 Å². The lowest BCUT2D eigenvalue weighted by Crippen LogP contribution is -2.20. The van der Waals surface area contributed by atoms with Gasteiger partial charge in [-0.05, 0) is 37.7 Å². The van der Waals surface area contributed by atoms with Crippen molar-refractivity contribution in [2.24, 2.45) is 0 Å². The van der Waals surface area contributed by atoms with Gasteiger partial charge in [0, 0.05) is 17.3 Å². The van der Waals surface area contributed by atoms with Gasteiger partial charge in [0.2, 0.25) is 0 Å². The monoisotopic (exact) mass is 287 g/mol. The molecule has 3 rings (SSSR count). The van der Waals surface area contributed by atoms with Crippen molar-refractivity contribution in [3.05, 3.63) is 71.1 Å². The summed E-state index contributed by atoms with van der Waals surface area (Å²) < 4.78 is 30.2. The van der Waals surface area contributed by atoms with Crippen LogP contribution in [0.3, 0.4) is 0 Å². The summed E-state index contributed by atoms with van der Waals surface area (Å²) in [5, 5.41) is 7.21. The molecule has 1 atom stereocenters. The number of halogens is 2. The Kier molecular flexibility index (Phi) is 3.43. The van der Waals surface area contributed by atoms with Crippen LogP contribution in [-0.2, 0) is 0 Å². The van der Waals surface area contributed by atoms with Crippen molar-refractivity contribution in [2.75, 3.05) is 7.05 Å². The SMILES string of the molecule is CNC(c1c(F)ccc(C)c1F)c1cnn2ccccc12. The zero-order chi connectivity index (χ0) is 15.0. The van der Waals surface area contributed by atoms with Gasteiger partial charge < -0.3 is 5.32 Å². The number of rotatable bonds is 3. The molecule has 1 aromatic carbocycles. The summed E-state index contributed by atoms with van der Waals surface area (Å²) in [6.45, 7) is 1.63. The van der Waals surface area contributed by atoms with Gasteiger partial charge in [0.05, 0.1) is 17.8 Å². The van der Waals surface area contributed by atoms with Crippen molar-refractivity contribution in [1.82, 2.24) is 14.9 Å². The third kappa shape index (κ3) is 2.19. The Morgan fingerprint density at radius 2 is 2.00 bits per heavy atom. The van der Waals surface area contributed by atoms with Crippen LogP contribution in [0.5, 0.6) is 0 Å². The number of nitrogens with zero attached hydrogens (tertiary/aromatic N) is 2. The molecule has 3 aromatic rings. The van der Waals surface area contributed by atoms with E-state index in [-0.39, 0.29) is 5.56 Å². The molecule has 0 bridgehead atoms. The van der Waals surface area contributed by atoms with Crippen molar-refractivity contribution < 1.29 is 8.78 Å². The summed E-state index contributed by atoms with van der Waals surface area (Å²) in [5.41, 5.74) is 2.00. The van der Waals surface area contributed by atoms with Crippen molar-refractivity contribution >= 4 is 5.52 Å². The molecule has 21 heavy (non-hydrogen) atoms. The van der Waals surface area contributed by atoms with Crippen LogP contribution in [-0.4, -0.2) is 16.7 Å². The van der Waals surface area contributed by atoms with Gasteiger partial charge in [-0.3, -0.25) is 0 Å². The number of pyridine rings is 1. The lowest BCUT2D eigenvalue weighted by atomic mass is 9.97. The highest BCUT2D eigenvalue weighted by molar-refractivity contribution is 5.57. The van der Waals surface area contributed by atoms with Gasteiger partial charge in [-0.15, -0.1) is 0 Å². The van der Waals surface area contributed by atoms with Crippen LogP contribution in [0.4, 0.5) is 8.78 Å². The third-order valence-electron chi connectivity index (χ3n) is 3.66. The van der Waals surface area contributed by atoms with E-state index in [0.717, 1.165) is 11.1 Å². The fourth-order valence-corrected chi connectivity index (χ4v) is 2.58. The highest BCUT2D eigenvalue weighted by atomic mass is 19.1. The van der Waals surface area contributed by atoms with E-state index in [9.17, 15) is 8.78 Å². The topological polar surface area (TPSA) is 29.3 Å². The summed E-state index contributed by atoms with van der Waals surface area (Å²) in [5.74, 6) is -1.09. The molecule has 0 spiro atoms. The summed E-state index contributed by atoms with van der Waals surface area (Å²) in [7, 11) is 1.68. The van der Waals surface area contributed by atoms with Crippen LogP contribution in [0, 0.1) is 18.6 Å². The predicted molar refractivity (Wildman–Crippen MR) is 77.2 cm³/mol. The van der Waals surface area contributed by atoms with Gasteiger partial charge in [-0.25, -0.2) is 13.3 Å². The number of nitrogens with one attached hydrogen (secondary N) is 1. The highest BCUT2D eigenvalue weighted by Gasteiger charge is 2.24. The summed E-state index contributed by atoms with van der Waals surface area (Å²) in [6.07, 6.45) is 3.44. The zero-order valence-electron chi connectivity index (χ0n) is 11.8. The highest BCUT2D eigenvalue weighted by Crippen LogP contribution is 2.30. The fraction of sp³-hybridized carbons (Fsp3) is 0.188. The second-order valence-corrected chi connectivity index (χ2v) is 4.94. The Morgan fingerprint density at radius 3 is 2.76 bits per heavy atom. The first kappa shape index (κ1) is 13.7. The standard InChI is InChI=1S/C16H15F2N3/c1-10-6-7-12(17)14(15(10)18)16(19-2)11-9-20-21-8-4-3-5-13(11)21/h3-9,16,19H,1-2H3. The molecular formula is C16H15F2N3. The van der Waals surface area contributed by atoms with Crippen LogP contribution in [0.25, 0.3) is 5.52 Å². The maximum absolute atomic E-state index is 14.4. The quantitative estimate of drug-likeness (QED) is 0.801. The molecule has 0 aliphatic heterocycles. The van der Waals surface area contributed by atoms with E-state index in [2.05, 4.69) is 10.4 Å². The van der Waals surface area contributed by atoms with Crippen LogP contribution in [0.1, 0.15) is 22.7 Å². The van der Waals surface area contributed by atoms with Crippen molar-refractivity contribution in [2.45, 2.75) is 13.0 Å². The Balaban J connectivity index is 2.22. The minimum absolute atomic E-state index is 0.0243. The maximum atomic E-state index is 14.4. The maximum Gasteiger partial charge on any atom is 0.134 e. The van der Waals surface area contributed by atoms with Gasteiger partial charge >= 0.3 is 0 Å². The van der Waals surface area contributed by atoms with E-state index in [1.807, 2.05) is 18.2 Å². The first-order valence-electron chi connectivity index (χ1n) is 6.67. The smallest absolute Gasteiger partial charge is 0.134 e. The van der Waals surface area contributed by atoms with Crippen LogP contribution >= 0.6 is 0 Å². The van der Waals surface area contributed by atoms with Crippen molar-refractivity contribution in [3.63, 3.8) is 0 Å². The third-order valence-corrected chi connectivity index (χ3v) is 3.66. The summed E-state index contributed by atoms with van der Waals surface area (Å²) in [6, 6.07) is 7.74. The number of hydrogen-bond acceptors (Lipinski definition) is 2. The minimum Gasteiger partial charge on any atom is -0.309 e. The van der Waals surface area contributed by atoms with Crippen LogP contribution in [0.2, 0.25) is 0 Å². The Bertz CT molecular complexity index is 795. The number of fused-ring (bicyclic) bond motifs is 1. The van der Waals surface area contributed by atoms with E-state index < -0.39 is 17.7 Å². The first-order valence-corrected chi connectivity index (χ1v) is 6.67. The number of aromatic nitrogens is 2. The van der Waals surface area contributed by atoms with Gasteiger partial charge in [0.1, 0.15) is 11.6 Å². The van der Waals surface area contributed by atoms with E-state index in [4.69, 9.17) is 0 Å². The molecule has 3 nitrogen and oxygen atoms in total. The second-order valence-electron chi connectivity index (χ2n) is 4.94. The largest absolute Gasteiger partial charge is 0.309 e. The van der Waals surface area contributed by atoms with E-state index in [1.165, 1.54) is 12.1 Å². The number of aryl methyl sites for hydroxylation is 1. The Hall–Kier alpha value is -2.27. The molecule has 1 unspecified atom stereocenters. The molecule has 0 saturated heterocycles. The van der Waals surface area contributed by atoms with Crippen molar-refractivity contribution in [1.29, 1.82) is 0 Å². The first-order chi connectivity index (χ1) is 10.1. The molecule has 0 aliphatic carbocycles. The molecule has 5 heteroatoms. The molecule has 0 saturated carbocycles. The second kappa shape index (κ2) is 5.26. The van der Waals surface area contributed by atoms with Gasteiger partial charge in [0.15, 0.2) is 0 Å². The molecule has 108 valence electrons. The molecule has 0 radical (unpaired) electrons. The minimum atomic E-state index is -0.593.